The zero-order chi connectivity index (χ0) is 14.7. The highest BCUT2D eigenvalue weighted by atomic mass is 35.5. The molecule has 0 aliphatic rings. The maximum atomic E-state index is 12.3. The minimum absolute atomic E-state index is 0.148. The summed E-state index contributed by atoms with van der Waals surface area (Å²) in [5.41, 5.74) is 7.73. The summed E-state index contributed by atoms with van der Waals surface area (Å²) >= 11 is 7.32. The van der Waals surface area contributed by atoms with Crippen LogP contribution in [0.4, 0.5) is 11.4 Å². The third-order valence-corrected chi connectivity index (χ3v) is 4.03. The molecule has 0 fully saturated rings. The van der Waals surface area contributed by atoms with Gasteiger partial charge in [-0.1, -0.05) is 11.6 Å². The Labute approximate surface area is 127 Å². The normalized spacial score (nSPS) is 10.3. The molecule has 3 N–H and O–H groups in total. The second kappa shape index (κ2) is 6.15. The van der Waals surface area contributed by atoms with Gasteiger partial charge in [-0.3, -0.25) is 4.79 Å². The number of hydrogen-bond donors (Lipinski definition) is 2. The molecule has 0 aliphatic carbocycles. The molecule has 20 heavy (non-hydrogen) atoms. The van der Waals surface area contributed by atoms with Crippen molar-refractivity contribution in [3.8, 4) is 0 Å². The van der Waals surface area contributed by atoms with Crippen LogP contribution in [0.3, 0.4) is 0 Å². The third kappa shape index (κ3) is 3.43. The van der Waals surface area contributed by atoms with E-state index in [9.17, 15) is 4.79 Å². The van der Waals surface area contributed by atoms with Crippen molar-refractivity contribution in [2.45, 2.75) is 6.54 Å². The van der Waals surface area contributed by atoms with E-state index in [0.717, 1.165) is 10.6 Å². The average Bonchev–Trinajstić information content (AvgIpc) is 2.81. The van der Waals surface area contributed by atoms with E-state index >= 15 is 0 Å². The summed E-state index contributed by atoms with van der Waals surface area (Å²) < 4.78 is 0.715. The van der Waals surface area contributed by atoms with Crippen LogP contribution in [0.1, 0.15) is 15.2 Å². The number of hydrogen-bond acceptors (Lipinski definition) is 4. The lowest BCUT2D eigenvalue weighted by atomic mass is 10.1. The highest BCUT2D eigenvalue weighted by molar-refractivity contribution is 7.16. The maximum absolute atomic E-state index is 12.3. The van der Waals surface area contributed by atoms with Crippen LogP contribution < -0.4 is 16.0 Å². The maximum Gasteiger partial charge on any atom is 0.253 e. The molecule has 1 heterocycles. The van der Waals surface area contributed by atoms with Crippen molar-refractivity contribution in [3.05, 3.63) is 45.1 Å². The third-order valence-electron chi connectivity index (χ3n) is 2.80. The molecule has 0 unspecified atom stereocenters. The number of amides is 1. The van der Waals surface area contributed by atoms with Crippen LogP contribution in [0, 0.1) is 0 Å². The van der Waals surface area contributed by atoms with E-state index in [-0.39, 0.29) is 5.91 Å². The molecular formula is C14H16ClN3OS. The Bertz CT molecular complexity index is 625. The lowest BCUT2D eigenvalue weighted by Crippen LogP contribution is -2.25. The van der Waals surface area contributed by atoms with Gasteiger partial charge in [0.1, 0.15) is 0 Å². The minimum Gasteiger partial charge on any atom is -0.399 e. The van der Waals surface area contributed by atoms with Crippen LogP contribution in [0.2, 0.25) is 4.34 Å². The van der Waals surface area contributed by atoms with Crippen LogP contribution in [-0.4, -0.2) is 20.0 Å². The van der Waals surface area contributed by atoms with Gasteiger partial charge in [-0.2, -0.15) is 0 Å². The van der Waals surface area contributed by atoms with Gasteiger partial charge in [0, 0.05) is 30.3 Å². The Morgan fingerprint density at radius 1 is 1.35 bits per heavy atom. The summed E-state index contributed by atoms with van der Waals surface area (Å²) in [6.07, 6.45) is 0. The van der Waals surface area contributed by atoms with E-state index in [1.54, 1.807) is 12.1 Å². The van der Waals surface area contributed by atoms with Crippen molar-refractivity contribution in [3.63, 3.8) is 0 Å². The number of anilines is 2. The van der Waals surface area contributed by atoms with E-state index in [1.807, 2.05) is 37.2 Å². The van der Waals surface area contributed by atoms with Crippen LogP contribution in [-0.2, 0) is 6.54 Å². The summed E-state index contributed by atoms with van der Waals surface area (Å²) in [5.74, 6) is -0.148. The standard InChI is InChI=1S/C14H16ClN3OS/c1-18(2)12-5-3-9(16)7-11(12)14(19)17-8-10-4-6-13(15)20-10/h3-7H,8,16H2,1-2H3,(H,17,19). The summed E-state index contributed by atoms with van der Waals surface area (Å²) in [5, 5.41) is 2.88. The molecule has 0 saturated heterocycles. The molecule has 0 spiro atoms. The monoisotopic (exact) mass is 309 g/mol. The van der Waals surface area contributed by atoms with Crippen molar-refractivity contribution in [1.82, 2.24) is 5.32 Å². The second-order valence-electron chi connectivity index (χ2n) is 4.56. The molecule has 0 bridgehead atoms. The topological polar surface area (TPSA) is 58.4 Å². The number of nitrogens with one attached hydrogen (secondary N) is 1. The lowest BCUT2D eigenvalue weighted by Gasteiger charge is -2.17. The van der Waals surface area contributed by atoms with E-state index < -0.39 is 0 Å². The van der Waals surface area contributed by atoms with Gasteiger partial charge in [-0.25, -0.2) is 0 Å². The zero-order valence-electron chi connectivity index (χ0n) is 11.3. The second-order valence-corrected chi connectivity index (χ2v) is 6.36. The molecular weight excluding hydrogens is 294 g/mol. The predicted molar refractivity (Wildman–Crippen MR) is 85.7 cm³/mol. The summed E-state index contributed by atoms with van der Waals surface area (Å²) in [6.45, 7) is 0.456. The Morgan fingerprint density at radius 2 is 2.10 bits per heavy atom. The van der Waals surface area contributed by atoms with Gasteiger partial charge in [-0.05, 0) is 30.3 Å². The number of nitrogen functional groups attached to an aromatic ring is 1. The van der Waals surface area contributed by atoms with E-state index in [1.165, 1.54) is 11.3 Å². The Kier molecular flexibility index (Phi) is 4.52. The molecule has 2 aromatic rings. The molecule has 0 radical (unpaired) electrons. The van der Waals surface area contributed by atoms with E-state index in [2.05, 4.69) is 5.32 Å². The van der Waals surface area contributed by atoms with Crippen molar-refractivity contribution in [2.75, 3.05) is 24.7 Å². The number of rotatable bonds is 4. The highest BCUT2D eigenvalue weighted by Crippen LogP contribution is 2.23. The van der Waals surface area contributed by atoms with Gasteiger partial charge >= 0.3 is 0 Å². The molecule has 2 rings (SSSR count). The SMILES string of the molecule is CN(C)c1ccc(N)cc1C(=O)NCc1ccc(Cl)s1. The largest absolute Gasteiger partial charge is 0.399 e. The quantitative estimate of drug-likeness (QED) is 0.854. The molecule has 106 valence electrons. The average molecular weight is 310 g/mol. The number of carbonyl (C=O) groups excluding carboxylic acids is 1. The molecule has 0 atom stereocenters. The van der Waals surface area contributed by atoms with Crippen molar-refractivity contribution >= 4 is 40.2 Å². The summed E-state index contributed by atoms with van der Waals surface area (Å²) in [6, 6.07) is 9.03. The fraction of sp³-hybridized carbons (Fsp3) is 0.214. The summed E-state index contributed by atoms with van der Waals surface area (Å²) in [7, 11) is 3.78. The van der Waals surface area contributed by atoms with Crippen molar-refractivity contribution < 1.29 is 4.79 Å². The first-order valence-electron chi connectivity index (χ1n) is 6.06. The number of benzene rings is 1. The molecule has 4 nitrogen and oxygen atoms in total. The molecule has 6 heteroatoms. The molecule has 1 aromatic heterocycles. The van der Waals surface area contributed by atoms with Crippen LogP contribution >= 0.6 is 22.9 Å². The Hall–Kier alpha value is -1.72. The number of thiophene rings is 1. The molecule has 1 amide bonds. The van der Waals surface area contributed by atoms with Gasteiger partial charge in [0.25, 0.3) is 5.91 Å². The minimum atomic E-state index is -0.148. The Balaban J connectivity index is 2.14. The van der Waals surface area contributed by atoms with Gasteiger partial charge in [-0.15, -0.1) is 11.3 Å². The summed E-state index contributed by atoms with van der Waals surface area (Å²) in [4.78, 5) is 15.2. The van der Waals surface area contributed by atoms with Crippen LogP contribution in [0.5, 0.6) is 0 Å². The number of carbonyl (C=O) groups is 1. The smallest absolute Gasteiger partial charge is 0.253 e. The fourth-order valence-electron chi connectivity index (χ4n) is 1.83. The number of nitrogens with zero attached hydrogens (tertiary/aromatic N) is 1. The highest BCUT2D eigenvalue weighted by Gasteiger charge is 2.13. The molecule has 1 aromatic carbocycles. The number of halogens is 1. The van der Waals surface area contributed by atoms with Gasteiger partial charge < -0.3 is 16.0 Å². The van der Waals surface area contributed by atoms with Crippen molar-refractivity contribution in [2.24, 2.45) is 0 Å². The van der Waals surface area contributed by atoms with E-state index in [4.69, 9.17) is 17.3 Å². The first kappa shape index (κ1) is 14.7. The van der Waals surface area contributed by atoms with Gasteiger partial charge in [0.05, 0.1) is 16.4 Å². The van der Waals surface area contributed by atoms with Crippen molar-refractivity contribution in [1.29, 1.82) is 0 Å². The zero-order valence-corrected chi connectivity index (χ0v) is 12.9. The first-order valence-corrected chi connectivity index (χ1v) is 7.26. The Morgan fingerprint density at radius 3 is 2.70 bits per heavy atom. The van der Waals surface area contributed by atoms with Crippen LogP contribution in [0.15, 0.2) is 30.3 Å². The number of nitrogens with two attached hydrogens (primary N) is 1. The van der Waals surface area contributed by atoms with Crippen LogP contribution in [0.25, 0.3) is 0 Å². The van der Waals surface area contributed by atoms with E-state index in [0.29, 0.717) is 22.1 Å². The fourth-order valence-corrected chi connectivity index (χ4v) is 2.86. The lowest BCUT2D eigenvalue weighted by molar-refractivity contribution is 0.0952. The van der Waals surface area contributed by atoms with Gasteiger partial charge in [0.15, 0.2) is 0 Å². The molecule has 0 saturated carbocycles. The predicted octanol–water partition coefficient (Wildman–Crippen LogP) is 2.98. The molecule has 0 aliphatic heterocycles. The van der Waals surface area contributed by atoms with Gasteiger partial charge in [0.2, 0.25) is 0 Å². The first-order chi connectivity index (χ1) is 9.47.